The number of nitrogens with two attached hydrogens (primary N) is 2. The normalized spacial score (nSPS) is 43.9. The maximum absolute atomic E-state index is 11.3. The van der Waals surface area contributed by atoms with Crippen LogP contribution in [0.4, 0.5) is 0 Å². The van der Waals surface area contributed by atoms with E-state index < -0.39 is 22.5 Å². The lowest BCUT2D eigenvalue weighted by Gasteiger charge is -2.50. The van der Waals surface area contributed by atoms with E-state index >= 15 is 0 Å². The number of nitrogens with zero attached hydrogens (tertiary/aromatic N) is 2. The number of primary amides is 1. The van der Waals surface area contributed by atoms with Gasteiger partial charge in [-0.15, -0.1) is 0 Å². The predicted octanol–water partition coefficient (Wildman–Crippen LogP) is -1.50. The molecular formula is C8H14N4O3. The van der Waals surface area contributed by atoms with E-state index in [0.29, 0.717) is 13.1 Å². The first kappa shape index (κ1) is 10.3. The number of hydrogen-bond donors (Lipinski definition) is 2. The molecule has 3 heterocycles. The molecule has 2 unspecified atom stereocenters. The largest absolute Gasteiger partial charge is 0.367 e. The van der Waals surface area contributed by atoms with Crippen LogP contribution in [0.25, 0.3) is 0 Å². The van der Waals surface area contributed by atoms with Crippen LogP contribution in [0.5, 0.6) is 0 Å². The third-order valence-corrected chi connectivity index (χ3v) is 3.58. The molecule has 15 heavy (non-hydrogen) atoms. The first-order valence-electron chi connectivity index (χ1n) is 4.95. The summed E-state index contributed by atoms with van der Waals surface area (Å²) in [5.41, 5.74) is 9.46. The molecule has 0 saturated carbocycles. The van der Waals surface area contributed by atoms with E-state index in [0.717, 1.165) is 12.8 Å². The highest BCUT2D eigenvalue weighted by atomic mass is 16.6. The van der Waals surface area contributed by atoms with Gasteiger partial charge >= 0.3 is 0 Å². The van der Waals surface area contributed by atoms with E-state index in [-0.39, 0.29) is 5.92 Å². The summed E-state index contributed by atoms with van der Waals surface area (Å²) in [5, 5.41) is 11.0. The average molecular weight is 214 g/mol. The van der Waals surface area contributed by atoms with Crippen molar-refractivity contribution in [3.05, 3.63) is 10.1 Å². The molecule has 3 aliphatic heterocycles. The highest BCUT2D eigenvalue weighted by molar-refractivity contribution is 5.85. The number of rotatable bonds is 2. The van der Waals surface area contributed by atoms with Crippen molar-refractivity contribution in [2.45, 2.75) is 24.5 Å². The molecule has 84 valence electrons. The van der Waals surface area contributed by atoms with Crippen LogP contribution in [-0.4, -0.2) is 40.5 Å². The van der Waals surface area contributed by atoms with Gasteiger partial charge in [-0.1, -0.05) is 0 Å². The Morgan fingerprint density at radius 1 is 1.47 bits per heavy atom. The second-order valence-corrected chi connectivity index (χ2v) is 4.24. The van der Waals surface area contributed by atoms with Gasteiger partial charge in [0.15, 0.2) is 0 Å². The summed E-state index contributed by atoms with van der Waals surface area (Å²) in [6.07, 6.45) is 1.44. The molecule has 7 nitrogen and oxygen atoms in total. The first-order chi connectivity index (χ1) is 6.98. The molecule has 0 aromatic heterocycles. The number of carbonyl (C=O) groups is 1. The van der Waals surface area contributed by atoms with Crippen LogP contribution in [0.3, 0.4) is 0 Å². The lowest BCUT2D eigenvalue weighted by atomic mass is 9.75. The summed E-state index contributed by atoms with van der Waals surface area (Å²) in [7, 11) is 0. The number of amides is 1. The van der Waals surface area contributed by atoms with Gasteiger partial charge < -0.3 is 5.73 Å². The molecule has 0 aromatic carbocycles. The first-order valence-corrected chi connectivity index (χ1v) is 4.95. The Hall–Kier alpha value is -1.21. The standard InChI is InChI=1S/C8H14N4O3/c9-7(13)8(10)6(12(14)15)5-1-3-11(8)4-2-5/h5-6H,1-4,10H2,(H2,9,13). The van der Waals surface area contributed by atoms with Crippen LogP contribution in [0.2, 0.25) is 0 Å². The van der Waals surface area contributed by atoms with E-state index in [2.05, 4.69) is 0 Å². The third kappa shape index (κ3) is 1.23. The van der Waals surface area contributed by atoms with Crippen molar-refractivity contribution < 1.29 is 9.72 Å². The highest BCUT2D eigenvalue weighted by Crippen LogP contribution is 2.37. The molecule has 0 radical (unpaired) electrons. The van der Waals surface area contributed by atoms with Crippen molar-refractivity contribution in [3.8, 4) is 0 Å². The second-order valence-electron chi connectivity index (χ2n) is 4.24. The van der Waals surface area contributed by atoms with Crippen molar-refractivity contribution >= 4 is 5.91 Å². The van der Waals surface area contributed by atoms with Crippen molar-refractivity contribution in [2.24, 2.45) is 17.4 Å². The van der Waals surface area contributed by atoms with Crippen molar-refractivity contribution in [1.82, 2.24) is 4.90 Å². The van der Waals surface area contributed by atoms with E-state index in [9.17, 15) is 14.9 Å². The minimum atomic E-state index is -1.59. The maximum Gasteiger partial charge on any atom is 0.259 e. The Morgan fingerprint density at radius 3 is 2.33 bits per heavy atom. The zero-order valence-corrected chi connectivity index (χ0v) is 8.26. The van der Waals surface area contributed by atoms with Gasteiger partial charge in [-0.3, -0.25) is 25.5 Å². The van der Waals surface area contributed by atoms with Gasteiger partial charge in [0.1, 0.15) is 0 Å². The zero-order chi connectivity index (χ0) is 11.2. The highest BCUT2D eigenvalue weighted by Gasteiger charge is 2.61. The van der Waals surface area contributed by atoms with E-state index in [4.69, 9.17) is 11.5 Å². The smallest absolute Gasteiger partial charge is 0.259 e. The van der Waals surface area contributed by atoms with Crippen LogP contribution in [0.1, 0.15) is 12.8 Å². The fourth-order valence-corrected chi connectivity index (χ4v) is 2.77. The zero-order valence-electron chi connectivity index (χ0n) is 8.26. The van der Waals surface area contributed by atoms with Crippen LogP contribution in [0, 0.1) is 16.0 Å². The Bertz CT molecular complexity index is 313. The lowest BCUT2D eigenvalue weighted by molar-refractivity contribution is -0.554. The van der Waals surface area contributed by atoms with Gasteiger partial charge in [-0.2, -0.15) is 0 Å². The van der Waals surface area contributed by atoms with Gasteiger partial charge in [0.05, 0.1) is 0 Å². The minimum Gasteiger partial charge on any atom is -0.367 e. The van der Waals surface area contributed by atoms with Gasteiger partial charge in [-0.05, 0) is 12.8 Å². The minimum absolute atomic E-state index is 0.123. The van der Waals surface area contributed by atoms with Gasteiger partial charge in [0.2, 0.25) is 5.66 Å². The molecular weight excluding hydrogens is 200 g/mol. The lowest BCUT2D eigenvalue weighted by Crippen LogP contribution is -2.78. The van der Waals surface area contributed by atoms with E-state index in [1.165, 1.54) is 0 Å². The van der Waals surface area contributed by atoms with Crippen LogP contribution < -0.4 is 11.5 Å². The SMILES string of the molecule is NC(=O)C1(N)C([N+](=O)[O-])C2CCN1CC2. The molecule has 2 bridgehead atoms. The second kappa shape index (κ2) is 3.14. The Kier molecular flexibility index (Phi) is 2.16. The average Bonchev–Trinajstić information content (AvgIpc) is 2.18. The summed E-state index contributed by atoms with van der Waals surface area (Å²) in [4.78, 5) is 23.5. The third-order valence-electron chi connectivity index (χ3n) is 3.58. The summed E-state index contributed by atoms with van der Waals surface area (Å²) in [5.74, 6) is -0.920. The van der Waals surface area contributed by atoms with Crippen LogP contribution >= 0.6 is 0 Å². The topological polar surface area (TPSA) is 115 Å². The summed E-state index contributed by atoms with van der Waals surface area (Å²) in [6, 6.07) is -1.06. The monoisotopic (exact) mass is 214 g/mol. The Labute approximate surface area is 86.5 Å². The van der Waals surface area contributed by atoms with E-state index in [1.54, 1.807) is 4.90 Å². The van der Waals surface area contributed by atoms with Crippen LogP contribution in [0.15, 0.2) is 0 Å². The number of carbonyl (C=O) groups excluding carboxylic acids is 1. The molecule has 3 saturated heterocycles. The molecule has 4 N–H and O–H groups in total. The fourth-order valence-electron chi connectivity index (χ4n) is 2.77. The van der Waals surface area contributed by atoms with Crippen molar-refractivity contribution in [2.75, 3.05) is 13.1 Å². The molecule has 1 amide bonds. The Morgan fingerprint density at radius 2 is 2.00 bits per heavy atom. The molecule has 0 spiro atoms. The molecule has 0 aromatic rings. The quantitative estimate of drug-likeness (QED) is 0.428. The van der Waals surface area contributed by atoms with Crippen molar-refractivity contribution in [1.29, 1.82) is 0 Å². The number of hydrogen-bond acceptors (Lipinski definition) is 5. The van der Waals surface area contributed by atoms with E-state index in [1.807, 2.05) is 0 Å². The summed E-state index contributed by atoms with van der Waals surface area (Å²) in [6.45, 7) is 1.24. The fraction of sp³-hybridized carbons (Fsp3) is 0.875. The van der Waals surface area contributed by atoms with Crippen LogP contribution in [-0.2, 0) is 4.79 Å². The maximum atomic E-state index is 11.3. The number of fused-ring (bicyclic) bond motifs is 3. The number of nitro groups is 1. The molecule has 7 heteroatoms. The summed E-state index contributed by atoms with van der Waals surface area (Å²) >= 11 is 0. The molecule has 2 atom stereocenters. The van der Waals surface area contributed by atoms with Gasteiger partial charge in [0.25, 0.3) is 11.9 Å². The Balaban J connectivity index is 2.41. The molecule has 0 aliphatic carbocycles. The number of piperidine rings is 3. The predicted molar refractivity (Wildman–Crippen MR) is 51.2 cm³/mol. The molecule has 3 fully saturated rings. The van der Waals surface area contributed by atoms with Crippen molar-refractivity contribution in [3.63, 3.8) is 0 Å². The van der Waals surface area contributed by atoms with Gasteiger partial charge in [-0.25, -0.2) is 0 Å². The molecule has 3 aliphatic rings. The molecule has 3 rings (SSSR count). The van der Waals surface area contributed by atoms with Gasteiger partial charge in [0, 0.05) is 23.9 Å². The summed E-state index contributed by atoms with van der Waals surface area (Å²) < 4.78 is 0.